The second-order valence-electron chi connectivity index (χ2n) is 8.89. The van der Waals surface area contributed by atoms with E-state index < -0.39 is 0 Å². The topological polar surface area (TPSA) is 120 Å². The van der Waals surface area contributed by atoms with Crippen LogP contribution in [0.4, 0.5) is 5.69 Å². The van der Waals surface area contributed by atoms with Crippen LogP contribution >= 0.6 is 0 Å². The Kier molecular flexibility index (Phi) is 6.34. The van der Waals surface area contributed by atoms with Gasteiger partial charge in [-0.05, 0) is 41.8 Å². The number of hydrogen-bond acceptors (Lipinski definition) is 7. The number of amides is 2. The summed E-state index contributed by atoms with van der Waals surface area (Å²) in [6, 6.07) is 22.3. The fourth-order valence-corrected chi connectivity index (χ4v) is 4.49. The number of anilines is 1. The van der Waals surface area contributed by atoms with Crippen LogP contribution in [-0.4, -0.2) is 51.8 Å². The minimum atomic E-state index is -0.287. The summed E-state index contributed by atoms with van der Waals surface area (Å²) in [7, 11) is 1.53. The molecule has 0 radical (unpaired) electrons. The molecule has 10 nitrogen and oxygen atoms in total. The normalized spacial score (nSPS) is 12.5. The Balaban J connectivity index is 1.18. The average molecular weight is 521 g/mol. The molecule has 0 atom stereocenters. The molecule has 6 rings (SSSR count). The van der Waals surface area contributed by atoms with E-state index in [2.05, 4.69) is 25.7 Å². The van der Waals surface area contributed by atoms with Crippen molar-refractivity contribution in [3.05, 3.63) is 84.7 Å². The number of fused-ring (bicyclic) bond motifs is 2. The lowest BCUT2D eigenvalue weighted by molar-refractivity contribution is -0.118. The molecule has 2 amide bonds. The van der Waals surface area contributed by atoms with Gasteiger partial charge in [0.25, 0.3) is 11.8 Å². The van der Waals surface area contributed by atoms with Gasteiger partial charge in [-0.3, -0.25) is 14.3 Å². The van der Waals surface area contributed by atoms with Crippen molar-refractivity contribution < 1.29 is 19.1 Å². The van der Waals surface area contributed by atoms with Gasteiger partial charge in [-0.25, -0.2) is 9.97 Å². The highest BCUT2D eigenvalue weighted by atomic mass is 16.5. The van der Waals surface area contributed by atoms with Crippen LogP contribution in [-0.2, 0) is 11.3 Å². The van der Waals surface area contributed by atoms with Crippen LogP contribution in [0.3, 0.4) is 0 Å². The van der Waals surface area contributed by atoms with E-state index >= 15 is 0 Å². The first-order valence-corrected chi connectivity index (χ1v) is 12.4. The maximum Gasteiger partial charge on any atom is 0.269 e. The number of rotatable bonds is 7. The number of nitrogens with one attached hydrogen (secondary N) is 2. The zero-order chi connectivity index (χ0) is 26.8. The Bertz CT molecular complexity index is 1710. The monoisotopic (exact) mass is 520 g/mol. The third-order valence-electron chi connectivity index (χ3n) is 6.38. The van der Waals surface area contributed by atoms with Crippen molar-refractivity contribution in [2.75, 3.05) is 25.6 Å². The Labute approximate surface area is 223 Å². The Morgan fingerprint density at radius 1 is 1.03 bits per heavy atom. The molecule has 0 bridgehead atoms. The van der Waals surface area contributed by atoms with Crippen molar-refractivity contribution in [3.8, 4) is 34.3 Å². The standard InChI is InChI=1S/C29H24N6O4/c1-38-26-15-19(28-30-12-11-22(33-28)23-16-24-29(37)31-13-14-35(24)34-23)9-10-25(26)39-17-27(36)32-21-8-4-6-18-5-2-3-7-20(18)21/h2-12,15-16H,13-14,17H2,1H3,(H,31,37)(H,32,36). The molecule has 1 aliphatic rings. The molecule has 1 aliphatic heterocycles. The summed E-state index contributed by atoms with van der Waals surface area (Å²) in [5.41, 5.74) is 3.11. The molecule has 5 aromatic rings. The number of ether oxygens (including phenoxy) is 2. The van der Waals surface area contributed by atoms with Crippen LogP contribution in [0.15, 0.2) is 79.0 Å². The quantitative estimate of drug-likeness (QED) is 0.334. The summed E-state index contributed by atoms with van der Waals surface area (Å²) in [4.78, 5) is 33.8. The fraction of sp³-hybridized carbons (Fsp3) is 0.138. The van der Waals surface area contributed by atoms with Crippen molar-refractivity contribution in [2.24, 2.45) is 0 Å². The van der Waals surface area contributed by atoms with Crippen molar-refractivity contribution >= 4 is 28.3 Å². The second kappa shape index (κ2) is 10.3. The molecule has 0 saturated heterocycles. The molecule has 0 aliphatic carbocycles. The average Bonchev–Trinajstić information content (AvgIpc) is 3.42. The van der Waals surface area contributed by atoms with Gasteiger partial charge in [0, 0.05) is 29.4 Å². The molecule has 0 spiro atoms. The van der Waals surface area contributed by atoms with Gasteiger partial charge in [-0.1, -0.05) is 36.4 Å². The highest BCUT2D eigenvalue weighted by Gasteiger charge is 2.21. The van der Waals surface area contributed by atoms with Crippen molar-refractivity contribution in [2.45, 2.75) is 6.54 Å². The summed E-state index contributed by atoms with van der Waals surface area (Å²) in [6.07, 6.45) is 1.64. The lowest BCUT2D eigenvalue weighted by Crippen LogP contribution is -2.35. The number of hydrogen-bond donors (Lipinski definition) is 2. The van der Waals surface area contributed by atoms with E-state index in [1.807, 2.05) is 42.5 Å². The molecule has 2 N–H and O–H groups in total. The van der Waals surface area contributed by atoms with E-state index in [0.29, 0.717) is 53.1 Å². The van der Waals surface area contributed by atoms with Gasteiger partial charge in [0.15, 0.2) is 23.9 Å². The fourth-order valence-electron chi connectivity index (χ4n) is 4.49. The zero-order valence-corrected chi connectivity index (χ0v) is 21.0. The Morgan fingerprint density at radius 3 is 2.77 bits per heavy atom. The predicted molar refractivity (Wildman–Crippen MR) is 146 cm³/mol. The van der Waals surface area contributed by atoms with Crippen LogP contribution in [0.5, 0.6) is 11.5 Å². The molecule has 0 unspecified atom stereocenters. The minimum absolute atomic E-state index is 0.152. The molecule has 3 heterocycles. The Morgan fingerprint density at radius 2 is 1.90 bits per heavy atom. The first-order valence-electron chi connectivity index (χ1n) is 12.4. The molecule has 10 heteroatoms. The van der Waals surface area contributed by atoms with Gasteiger partial charge in [0.1, 0.15) is 11.4 Å². The van der Waals surface area contributed by atoms with E-state index in [9.17, 15) is 9.59 Å². The van der Waals surface area contributed by atoms with E-state index in [1.54, 1.807) is 41.2 Å². The first-order chi connectivity index (χ1) is 19.1. The molecule has 39 heavy (non-hydrogen) atoms. The third kappa shape index (κ3) is 4.87. The van der Waals surface area contributed by atoms with Crippen LogP contribution < -0.4 is 20.1 Å². The van der Waals surface area contributed by atoms with Gasteiger partial charge in [-0.15, -0.1) is 0 Å². The lowest BCUT2D eigenvalue weighted by Gasteiger charge is -2.13. The van der Waals surface area contributed by atoms with Crippen LogP contribution in [0.1, 0.15) is 10.5 Å². The molecule has 194 valence electrons. The second-order valence-corrected chi connectivity index (χ2v) is 8.89. The van der Waals surface area contributed by atoms with Crippen molar-refractivity contribution in [1.82, 2.24) is 25.1 Å². The number of carbonyl (C=O) groups is 2. The van der Waals surface area contributed by atoms with Crippen LogP contribution in [0.2, 0.25) is 0 Å². The number of benzene rings is 3. The number of carbonyl (C=O) groups excluding carboxylic acids is 2. The molecule has 2 aromatic heterocycles. The maximum atomic E-state index is 12.7. The van der Waals surface area contributed by atoms with E-state index in [0.717, 1.165) is 16.5 Å². The zero-order valence-electron chi connectivity index (χ0n) is 21.0. The molecular formula is C29H24N6O4. The third-order valence-corrected chi connectivity index (χ3v) is 6.38. The van der Waals surface area contributed by atoms with Crippen LogP contribution in [0, 0.1) is 0 Å². The summed E-state index contributed by atoms with van der Waals surface area (Å²) >= 11 is 0. The maximum absolute atomic E-state index is 12.7. The SMILES string of the molecule is COc1cc(-c2nccc(-c3cc4n(n3)CCNC4=O)n2)ccc1OCC(=O)Nc1cccc2ccccc12. The summed E-state index contributed by atoms with van der Waals surface area (Å²) in [6.45, 7) is 0.960. The highest BCUT2D eigenvalue weighted by Crippen LogP contribution is 2.32. The molecule has 0 saturated carbocycles. The van der Waals surface area contributed by atoms with Gasteiger partial charge < -0.3 is 20.1 Å². The molecular weight excluding hydrogens is 496 g/mol. The lowest BCUT2D eigenvalue weighted by atomic mass is 10.1. The first kappa shape index (κ1) is 24.1. The predicted octanol–water partition coefficient (Wildman–Crippen LogP) is 3.93. The number of aromatic nitrogens is 4. The van der Waals surface area contributed by atoms with Gasteiger partial charge >= 0.3 is 0 Å². The van der Waals surface area contributed by atoms with E-state index in [1.165, 1.54) is 7.11 Å². The van der Waals surface area contributed by atoms with E-state index in [-0.39, 0.29) is 18.4 Å². The molecule has 3 aromatic carbocycles. The van der Waals surface area contributed by atoms with Crippen LogP contribution in [0.25, 0.3) is 33.5 Å². The minimum Gasteiger partial charge on any atom is -0.493 e. The highest BCUT2D eigenvalue weighted by molar-refractivity contribution is 6.02. The Hall–Kier alpha value is -5.25. The summed E-state index contributed by atoms with van der Waals surface area (Å²) in [5, 5.41) is 12.2. The smallest absolute Gasteiger partial charge is 0.269 e. The summed E-state index contributed by atoms with van der Waals surface area (Å²) < 4.78 is 13.0. The van der Waals surface area contributed by atoms with Gasteiger partial charge in [0.2, 0.25) is 0 Å². The molecule has 0 fully saturated rings. The van der Waals surface area contributed by atoms with Gasteiger partial charge in [0.05, 0.1) is 19.3 Å². The largest absolute Gasteiger partial charge is 0.493 e. The number of methoxy groups -OCH3 is 1. The van der Waals surface area contributed by atoms with Crippen molar-refractivity contribution in [1.29, 1.82) is 0 Å². The van der Waals surface area contributed by atoms with Gasteiger partial charge in [-0.2, -0.15) is 5.10 Å². The number of nitrogens with zero attached hydrogens (tertiary/aromatic N) is 4. The van der Waals surface area contributed by atoms with E-state index in [4.69, 9.17) is 9.47 Å². The summed E-state index contributed by atoms with van der Waals surface area (Å²) in [5.74, 6) is 0.874. The van der Waals surface area contributed by atoms with Crippen molar-refractivity contribution in [3.63, 3.8) is 0 Å².